The average molecular weight is 227 g/mol. The lowest BCUT2D eigenvalue weighted by Gasteiger charge is -2.16. The third-order valence-electron chi connectivity index (χ3n) is 2.27. The van der Waals surface area contributed by atoms with E-state index in [-0.39, 0.29) is 0 Å². The van der Waals surface area contributed by atoms with E-state index in [0.29, 0.717) is 6.42 Å². The number of carboxylic acids is 1. The summed E-state index contributed by atoms with van der Waals surface area (Å²) in [7, 11) is 0. The second-order valence-electron chi connectivity index (χ2n) is 4.35. The molecule has 0 aliphatic carbocycles. The molecule has 4 heteroatoms. The molecule has 0 radical (unpaired) electrons. The molecular formula is C11H17NO2S. The number of thiazole rings is 1. The molecule has 0 amide bonds. The maximum Gasteiger partial charge on any atom is 0.309 e. The van der Waals surface area contributed by atoms with Gasteiger partial charge in [-0.15, -0.1) is 11.3 Å². The summed E-state index contributed by atoms with van der Waals surface area (Å²) in [5, 5.41) is 12.1. The lowest BCUT2D eigenvalue weighted by Crippen LogP contribution is -2.26. The molecule has 1 heterocycles. The molecule has 0 atom stereocenters. The minimum absolute atomic E-state index is 0.503. The van der Waals surface area contributed by atoms with Crippen LogP contribution in [0.3, 0.4) is 0 Å². The Morgan fingerprint density at radius 1 is 1.60 bits per heavy atom. The summed E-state index contributed by atoms with van der Waals surface area (Å²) in [5.41, 5.74) is 0.174. The summed E-state index contributed by atoms with van der Waals surface area (Å²) in [5.74, 6) is -0.771. The van der Waals surface area contributed by atoms with Gasteiger partial charge in [-0.05, 0) is 26.7 Å². The summed E-state index contributed by atoms with van der Waals surface area (Å²) in [6, 6.07) is 0. The first kappa shape index (κ1) is 12.2. The molecule has 15 heavy (non-hydrogen) atoms. The Hall–Kier alpha value is -0.900. The largest absolute Gasteiger partial charge is 0.481 e. The predicted octanol–water partition coefficient (Wildman–Crippen LogP) is 2.75. The van der Waals surface area contributed by atoms with E-state index >= 15 is 0 Å². The number of carbonyl (C=O) groups is 1. The van der Waals surface area contributed by atoms with Crippen LogP contribution in [0.5, 0.6) is 0 Å². The maximum atomic E-state index is 10.9. The second-order valence-corrected chi connectivity index (χ2v) is 5.29. The lowest BCUT2D eigenvalue weighted by atomic mass is 9.88. The Balaban J connectivity index is 2.68. The number of hydrogen-bond acceptors (Lipinski definition) is 3. The summed E-state index contributed by atoms with van der Waals surface area (Å²) < 4.78 is 0. The third-order valence-corrected chi connectivity index (χ3v) is 3.22. The van der Waals surface area contributed by atoms with Crippen LogP contribution >= 0.6 is 11.3 Å². The highest BCUT2D eigenvalue weighted by molar-refractivity contribution is 7.09. The Morgan fingerprint density at radius 2 is 2.27 bits per heavy atom. The van der Waals surface area contributed by atoms with Crippen LogP contribution in [0.25, 0.3) is 0 Å². The van der Waals surface area contributed by atoms with Crippen LogP contribution in [0, 0.1) is 5.41 Å². The smallest absolute Gasteiger partial charge is 0.309 e. The molecule has 0 bridgehead atoms. The number of nitrogens with zero attached hydrogens (tertiary/aromatic N) is 1. The molecule has 0 fully saturated rings. The quantitative estimate of drug-likeness (QED) is 0.841. The fourth-order valence-electron chi connectivity index (χ4n) is 1.29. The van der Waals surface area contributed by atoms with E-state index in [4.69, 9.17) is 5.11 Å². The minimum atomic E-state index is -0.771. The van der Waals surface area contributed by atoms with Crippen LogP contribution in [0.4, 0.5) is 0 Å². The predicted molar refractivity (Wildman–Crippen MR) is 61.2 cm³/mol. The van der Waals surface area contributed by atoms with Gasteiger partial charge in [0.05, 0.1) is 16.1 Å². The van der Waals surface area contributed by atoms with Crippen molar-refractivity contribution in [1.29, 1.82) is 0 Å². The van der Waals surface area contributed by atoms with Gasteiger partial charge in [-0.2, -0.15) is 0 Å². The van der Waals surface area contributed by atoms with Crippen molar-refractivity contribution >= 4 is 17.3 Å². The molecule has 0 saturated carbocycles. The van der Waals surface area contributed by atoms with E-state index in [2.05, 4.69) is 11.9 Å². The van der Waals surface area contributed by atoms with Crippen LogP contribution in [0.1, 0.15) is 37.9 Å². The van der Waals surface area contributed by atoms with Crippen LogP contribution < -0.4 is 0 Å². The molecule has 0 spiro atoms. The van der Waals surface area contributed by atoms with Gasteiger partial charge in [0.25, 0.3) is 0 Å². The van der Waals surface area contributed by atoms with Crippen molar-refractivity contribution in [3.8, 4) is 0 Å². The number of hydrogen-bond donors (Lipinski definition) is 1. The molecule has 3 nitrogen and oxygen atoms in total. The fourth-order valence-corrected chi connectivity index (χ4v) is 2.19. The van der Waals surface area contributed by atoms with Crippen molar-refractivity contribution in [3.05, 3.63) is 16.1 Å². The minimum Gasteiger partial charge on any atom is -0.481 e. The van der Waals surface area contributed by atoms with Gasteiger partial charge in [0.1, 0.15) is 0 Å². The molecular weight excluding hydrogens is 210 g/mol. The first-order valence-electron chi connectivity index (χ1n) is 5.12. The Morgan fingerprint density at radius 3 is 2.80 bits per heavy atom. The van der Waals surface area contributed by atoms with Gasteiger partial charge in [0.2, 0.25) is 0 Å². The van der Waals surface area contributed by atoms with E-state index in [9.17, 15) is 4.79 Å². The first-order valence-corrected chi connectivity index (χ1v) is 6.00. The normalized spacial score (nSPS) is 11.7. The summed E-state index contributed by atoms with van der Waals surface area (Å²) in [6.07, 6.45) is 2.57. The van der Waals surface area contributed by atoms with Gasteiger partial charge in [-0.3, -0.25) is 4.79 Å². The van der Waals surface area contributed by atoms with E-state index in [1.807, 2.05) is 5.38 Å². The summed E-state index contributed by atoms with van der Waals surface area (Å²) >= 11 is 1.62. The highest BCUT2D eigenvalue weighted by Crippen LogP contribution is 2.23. The van der Waals surface area contributed by atoms with Gasteiger partial charge in [0.15, 0.2) is 0 Å². The average Bonchev–Trinajstić information content (AvgIpc) is 2.52. The standard InChI is InChI=1S/C11H17NO2S/c1-4-5-9-12-8(7-15-9)6-11(2,3)10(13)14/h7H,4-6H2,1-3H3,(H,13,14). The van der Waals surface area contributed by atoms with Crippen molar-refractivity contribution < 1.29 is 9.90 Å². The van der Waals surface area contributed by atoms with Gasteiger partial charge >= 0.3 is 5.97 Å². The Labute approximate surface area is 94.2 Å². The van der Waals surface area contributed by atoms with E-state index in [1.54, 1.807) is 25.2 Å². The van der Waals surface area contributed by atoms with E-state index < -0.39 is 11.4 Å². The van der Waals surface area contributed by atoms with Crippen molar-refractivity contribution in [3.63, 3.8) is 0 Å². The highest BCUT2D eigenvalue weighted by atomic mass is 32.1. The molecule has 0 aliphatic rings. The molecule has 1 aromatic rings. The summed E-state index contributed by atoms with van der Waals surface area (Å²) in [6.45, 7) is 5.57. The van der Waals surface area contributed by atoms with Crippen molar-refractivity contribution in [2.75, 3.05) is 0 Å². The van der Waals surface area contributed by atoms with Crippen molar-refractivity contribution in [1.82, 2.24) is 4.98 Å². The zero-order valence-electron chi connectivity index (χ0n) is 9.41. The number of aromatic nitrogens is 1. The van der Waals surface area contributed by atoms with Crippen LogP contribution in [0.2, 0.25) is 0 Å². The molecule has 0 unspecified atom stereocenters. The molecule has 0 aliphatic heterocycles. The molecule has 0 saturated heterocycles. The lowest BCUT2D eigenvalue weighted by molar-refractivity contribution is -0.146. The zero-order chi connectivity index (χ0) is 11.5. The zero-order valence-corrected chi connectivity index (χ0v) is 10.2. The molecule has 84 valence electrons. The van der Waals surface area contributed by atoms with E-state index in [1.165, 1.54) is 0 Å². The van der Waals surface area contributed by atoms with Gasteiger partial charge in [0, 0.05) is 11.8 Å². The molecule has 1 aromatic heterocycles. The van der Waals surface area contributed by atoms with Gasteiger partial charge in [-0.1, -0.05) is 6.92 Å². The first-order chi connectivity index (χ1) is 6.95. The number of aryl methyl sites for hydroxylation is 1. The molecule has 1 N–H and O–H groups in total. The molecule has 0 aromatic carbocycles. The fraction of sp³-hybridized carbons (Fsp3) is 0.636. The second kappa shape index (κ2) is 4.75. The molecule has 1 rings (SSSR count). The van der Waals surface area contributed by atoms with Crippen molar-refractivity contribution in [2.24, 2.45) is 5.41 Å². The van der Waals surface area contributed by atoms with Crippen molar-refractivity contribution in [2.45, 2.75) is 40.0 Å². The van der Waals surface area contributed by atoms with Crippen LogP contribution in [0.15, 0.2) is 5.38 Å². The third kappa shape index (κ3) is 3.30. The Kier molecular flexibility index (Phi) is 3.85. The number of rotatable bonds is 5. The van der Waals surface area contributed by atoms with Crippen LogP contribution in [-0.4, -0.2) is 16.1 Å². The Bertz CT molecular complexity index is 344. The number of carboxylic acid groups (broad SMARTS) is 1. The summed E-state index contributed by atoms with van der Waals surface area (Å²) in [4.78, 5) is 15.4. The highest BCUT2D eigenvalue weighted by Gasteiger charge is 2.28. The van der Waals surface area contributed by atoms with Gasteiger partial charge < -0.3 is 5.11 Å². The maximum absolute atomic E-state index is 10.9. The van der Waals surface area contributed by atoms with E-state index in [0.717, 1.165) is 23.5 Å². The monoisotopic (exact) mass is 227 g/mol. The van der Waals surface area contributed by atoms with Crippen LogP contribution in [-0.2, 0) is 17.6 Å². The topological polar surface area (TPSA) is 50.2 Å². The SMILES string of the molecule is CCCc1nc(CC(C)(C)C(=O)O)cs1. The number of aliphatic carboxylic acids is 1. The van der Waals surface area contributed by atoms with Gasteiger partial charge in [-0.25, -0.2) is 4.98 Å².